The third kappa shape index (κ3) is 3.56. The second kappa shape index (κ2) is 5.39. The van der Waals surface area contributed by atoms with Crippen LogP contribution in [0, 0.1) is 0 Å². The van der Waals surface area contributed by atoms with Gasteiger partial charge in [0.2, 0.25) is 0 Å². The molecule has 1 aromatic carbocycles. The molecule has 1 fully saturated rings. The summed E-state index contributed by atoms with van der Waals surface area (Å²) in [4.78, 5) is 12.6. The molecular weight excluding hydrogens is 218 g/mol. The number of carbonyl (C=O) groups is 1. The van der Waals surface area contributed by atoms with Gasteiger partial charge in [-0.3, -0.25) is 4.79 Å². The smallest absolute Gasteiger partial charge is 0.284 e. The molecule has 2 rings (SSSR count). The average molecular weight is 235 g/mol. The van der Waals surface area contributed by atoms with E-state index in [0.29, 0.717) is 6.04 Å². The lowest BCUT2D eigenvalue weighted by Crippen LogP contribution is -2.20. The van der Waals surface area contributed by atoms with E-state index < -0.39 is 0 Å². The first-order chi connectivity index (χ1) is 7.78. The molecular formula is C13H17NOS. The van der Waals surface area contributed by atoms with Gasteiger partial charge in [0.05, 0.1) is 0 Å². The van der Waals surface area contributed by atoms with Crippen molar-refractivity contribution < 1.29 is 4.79 Å². The molecule has 16 heavy (non-hydrogen) atoms. The molecule has 0 aliphatic heterocycles. The van der Waals surface area contributed by atoms with E-state index in [1.165, 1.54) is 17.3 Å². The van der Waals surface area contributed by atoms with Crippen molar-refractivity contribution in [3.05, 3.63) is 29.8 Å². The number of carbonyl (C=O) groups excluding carboxylic acids is 1. The number of rotatable bonds is 4. The summed E-state index contributed by atoms with van der Waals surface area (Å²) < 4.78 is 0. The van der Waals surface area contributed by atoms with Crippen LogP contribution in [0.25, 0.3) is 0 Å². The Morgan fingerprint density at radius 1 is 1.50 bits per heavy atom. The molecule has 0 unspecified atom stereocenters. The number of thioether (sulfide) groups is 1. The molecule has 1 saturated carbocycles. The molecule has 1 amide bonds. The molecule has 0 aromatic heterocycles. The maximum atomic E-state index is 11.6. The van der Waals surface area contributed by atoms with Gasteiger partial charge in [-0.05, 0) is 48.7 Å². The Morgan fingerprint density at radius 2 is 2.31 bits per heavy atom. The molecule has 0 heterocycles. The summed E-state index contributed by atoms with van der Waals surface area (Å²) in [6.07, 6.45) is 4.51. The van der Waals surface area contributed by atoms with E-state index in [2.05, 4.69) is 24.4 Å². The monoisotopic (exact) mass is 235 g/mol. The maximum absolute atomic E-state index is 11.6. The van der Waals surface area contributed by atoms with E-state index in [1.807, 2.05) is 12.1 Å². The first-order valence-corrected chi connectivity index (χ1v) is 6.67. The standard InChI is InChI=1S/C13H17NOS/c1-2-4-10-5-3-6-12(9-10)16-13(15)14-11-7-8-11/h3,5-6,9,11H,2,4,7-8H2,1H3,(H,14,15). The summed E-state index contributed by atoms with van der Waals surface area (Å²) in [5.74, 6) is 0. The van der Waals surface area contributed by atoms with Crippen LogP contribution in [-0.4, -0.2) is 11.3 Å². The van der Waals surface area contributed by atoms with Gasteiger partial charge in [-0.25, -0.2) is 0 Å². The molecule has 0 bridgehead atoms. The van der Waals surface area contributed by atoms with Crippen LogP contribution in [0.3, 0.4) is 0 Å². The Balaban J connectivity index is 1.91. The zero-order valence-corrected chi connectivity index (χ0v) is 10.3. The molecule has 0 spiro atoms. The Morgan fingerprint density at radius 3 is 3.00 bits per heavy atom. The summed E-state index contributed by atoms with van der Waals surface area (Å²) in [5, 5.41) is 3.06. The predicted molar refractivity (Wildman–Crippen MR) is 67.8 cm³/mol. The van der Waals surface area contributed by atoms with Gasteiger partial charge in [-0.1, -0.05) is 25.5 Å². The van der Waals surface area contributed by atoms with Crippen LogP contribution in [0.4, 0.5) is 4.79 Å². The van der Waals surface area contributed by atoms with Gasteiger partial charge >= 0.3 is 0 Å². The molecule has 1 aliphatic carbocycles. The van der Waals surface area contributed by atoms with Crippen molar-refractivity contribution in [1.82, 2.24) is 5.32 Å². The number of amides is 1. The van der Waals surface area contributed by atoms with Crippen molar-refractivity contribution in [2.24, 2.45) is 0 Å². The van der Waals surface area contributed by atoms with Crippen LogP contribution >= 0.6 is 11.8 Å². The highest BCUT2D eigenvalue weighted by Crippen LogP contribution is 2.24. The maximum Gasteiger partial charge on any atom is 0.284 e. The molecule has 1 aliphatic rings. The van der Waals surface area contributed by atoms with Gasteiger partial charge in [-0.15, -0.1) is 0 Å². The first-order valence-electron chi connectivity index (χ1n) is 5.85. The predicted octanol–water partition coefficient (Wildman–Crippen LogP) is 3.60. The minimum absolute atomic E-state index is 0.0798. The second-order valence-corrected chi connectivity index (χ2v) is 5.25. The van der Waals surface area contributed by atoms with Gasteiger partial charge in [0, 0.05) is 10.9 Å². The number of hydrogen-bond acceptors (Lipinski definition) is 2. The lowest BCUT2D eigenvalue weighted by molar-refractivity contribution is 0.260. The second-order valence-electron chi connectivity index (χ2n) is 4.21. The van der Waals surface area contributed by atoms with Crippen LogP contribution < -0.4 is 5.32 Å². The summed E-state index contributed by atoms with van der Waals surface area (Å²) in [6, 6.07) is 8.69. The van der Waals surface area contributed by atoms with E-state index in [4.69, 9.17) is 0 Å². The van der Waals surface area contributed by atoms with Gasteiger partial charge in [-0.2, -0.15) is 0 Å². The summed E-state index contributed by atoms with van der Waals surface area (Å²) in [5.41, 5.74) is 1.31. The van der Waals surface area contributed by atoms with Crippen molar-refractivity contribution in [3.63, 3.8) is 0 Å². The third-order valence-electron chi connectivity index (χ3n) is 2.55. The number of benzene rings is 1. The number of hydrogen-bond donors (Lipinski definition) is 1. The van der Waals surface area contributed by atoms with Gasteiger partial charge in [0.1, 0.15) is 0 Å². The van der Waals surface area contributed by atoms with Crippen molar-refractivity contribution in [1.29, 1.82) is 0 Å². The highest BCUT2D eigenvalue weighted by molar-refractivity contribution is 8.13. The fourth-order valence-corrected chi connectivity index (χ4v) is 2.38. The van der Waals surface area contributed by atoms with E-state index in [-0.39, 0.29) is 5.24 Å². The fourth-order valence-electron chi connectivity index (χ4n) is 1.58. The van der Waals surface area contributed by atoms with Gasteiger partial charge < -0.3 is 5.32 Å². The van der Waals surface area contributed by atoms with Gasteiger partial charge in [0.15, 0.2) is 0 Å². The SMILES string of the molecule is CCCc1cccc(SC(=O)NC2CC2)c1. The largest absolute Gasteiger partial charge is 0.344 e. The van der Waals surface area contributed by atoms with Crippen molar-refractivity contribution in [3.8, 4) is 0 Å². The van der Waals surface area contributed by atoms with Crippen molar-refractivity contribution >= 4 is 17.0 Å². The summed E-state index contributed by atoms with van der Waals surface area (Å²) >= 11 is 1.30. The van der Waals surface area contributed by atoms with Crippen LogP contribution in [0.2, 0.25) is 0 Å². The first kappa shape index (κ1) is 11.5. The number of nitrogens with one attached hydrogen (secondary N) is 1. The fraction of sp³-hybridized carbons (Fsp3) is 0.462. The minimum atomic E-state index is 0.0798. The quantitative estimate of drug-likeness (QED) is 0.808. The van der Waals surface area contributed by atoms with E-state index in [1.54, 1.807) is 0 Å². The normalized spacial score (nSPS) is 14.8. The van der Waals surface area contributed by atoms with Gasteiger partial charge in [0.25, 0.3) is 5.24 Å². The Labute approximate surface area is 101 Å². The molecule has 1 aromatic rings. The highest BCUT2D eigenvalue weighted by Gasteiger charge is 2.23. The molecule has 0 saturated heterocycles. The number of aryl methyl sites for hydroxylation is 1. The van der Waals surface area contributed by atoms with E-state index >= 15 is 0 Å². The molecule has 1 N–H and O–H groups in total. The van der Waals surface area contributed by atoms with E-state index in [0.717, 1.165) is 30.6 Å². The Bertz CT molecular complexity index is 374. The van der Waals surface area contributed by atoms with Crippen LogP contribution in [0.15, 0.2) is 29.2 Å². The molecule has 0 radical (unpaired) electrons. The zero-order chi connectivity index (χ0) is 11.4. The van der Waals surface area contributed by atoms with Crippen LogP contribution in [0.1, 0.15) is 31.7 Å². The summed E-state index contributed by atoms with van der Waals surface area (Å²) in [7, 11) is 0. The van der Waals surface area contributed by atoms with Crippen molar-refractivity contribution in [2.45, 2.75) is 43.5 Å². The van der Waals surface area contributed by atoms with Crippen molar-refractivity contribution in [2.75, 3.05) is 0 Å². The topological polar surface area (TPSA) is 29.1 Å². The molecule has 0 atom stereocenters. The highest BCUT2D eigenvalue weighted by atomic mass is 32.2. The molecule has 2 nitrogen and oxygen atoms in total. The zero-order valence-electron chi connectivity index (χ0n) is 9.53. The lowest BCUT2D eigenvalue weighted by atomic mass is 10.1. The lowest BCUT2D eigenvalue weighted by Gasteiger charge is -2.04. The Hall–Kier alpha value is -0.960. The van der Waals surface area contributed by atoms with E-state index in [9.17, 15) is 4.79 Å². The van der Waals surface area contributed by atoms with Crippen LogP contribution in [-0.2, 0) is 6.42 Å². The Kier molecular flexibility index (Phi) is 3.88. The molecule has 3 heteroatoms. The van der Waals surface area contributed by atoms with Crippen LogP contribution in [0.5, 0.6) is 0 Å². The summed E-state index contributed by atoms with van der Waals surface area (Å²) in [6.45, 7) is 2.17. The third-order valence-corrected chi connectivity index (χ3v) is 3.34. The molecule has 86 valence electrons. The average Bonchev–Trinajstić information content (AvgIpc) is 3.02. The minimum Gasteiger partial charge on any atom is -0.344 e.